The number of carbonyl (C=O) groups is 5. The van der Waals surface area contributed by atoms with Crippen LogP contribution < -0.4 is 40.9 Å². The van der Waals surface area contributed by atoms with Crippen LogP contribution in [0, 0.1) is 0 Å². The summed E-state index contributed by atoms with van der Waals surface area (Å²) < 4.78 is 21.8. The van der Waals surface area contributed by atoms with Crippen LogP contribution in [0.25, 0.3) is 0 Å². The number of hydrogen-bond acceptors (Lipinski definition) is 14. The van der Waals surface area contributed by atoms with Crippen molar-refractivity contribution >= 4 is 41.9 Å². The van der Waals surface area contributed by atoms with Gasteiger partial charge in [-0.25, -0.2) is 0 Å². The number of carbonyl (C=O) groups excluding carboxylic acids is 5. The minimum Gasteiger partial charge on any atom is -0.454 e. The van der Waals surface area contributed by atoms with Gasteiger partial charge in [0.25, 0.3) is 0 Å². The highest BCUT2D eigenvalue weighted by atomic mass is 32.2. The summed E-state index contributed by atoms with van der Waals surface area (Å²) in [5.74, 6) is 0.614. The van der Waals surface area contributed by atoms with E-state index in [0.717, 1.165) is 54.0 Å². The summed E-state index contributed by atoms with van der Waals surface area (Å²) >= 11 is 1.14. The van der Waals surface area contributed by atoms with Crippen molar-refractivity contribution in [2.75, 3.05) is 79.0 Å². The SMILES string of the molecule is CC.CC(=O)CN(Cc1ccc2c(c1)OCO2)C(=O)CN(CCCCN)C(=O)CN(Cc1ccc2c(c1)OCO2)C(=O)CN(C=O)CCc1ccc(SN)cc1.CCNCCCCN. The van der Waals surface area contributed by atoms with Crippen LogP contribution in [0.15, 0.2) is 65.6 Å². The Morgan fingerprint density at radius 2 is 1.16 bits per heavy atom. The number of benzene rings is 3. The third kappa shape index (κ3) is 18.4. The second-order valence-corrected chi connectivity index (χ2v) is 15.5. The Balaban J connectivity index is 0.000000980. The minimum absolute atomic E-state index is 0.0251. The number of nitrogens with one attached hydrogen (secondary N) is 1. The van der Waals surface area contributed by atoms with Crippen molar-refractivity contribution in [2.45, 2.75) is 77.8 Å². The zero-order chi connectivity index (χ0) is 46.7. The zero-order valence-corrected chi connectivity index (χ0v) is 38.7. The van der Waals surface area contributed by atoms with Crippen molar-refractivity contribution in [3.05, 3.63) is 77.4 Å². The molecule has 2 heterocycles. The second-order valence-electron chi connectivity index (χ2n) is 14.8. The standard InChI is InChI=1S/C38H46N6O9S.C6H16N2.C2H6/c1-27(46)18-43(19-29-6-10-32-34(16-29)52-25-50-32)38(49)22-42(14-3-2-13-39)37(48)23-44(20-30-7-11-33-35(17-30)53-26-51-33)36(47)21-41(24-45)15-12-28-4-8-31(54-40)9-5-28;1-2-8-6-4-3-5-7;1-2/h4-11,16-17,24H,2-3,12-15,18-23,25-26,39-40H2,1H3;8H,2-7H2,1H3;1-2H3. The molecule has 2 aliphatic heterocycles. The molecule has 0 saturated heterocycles. The lowest BCUT2D eigenvalue weighted by molar-refractivity contribution is -0.146. The third-order valence-electron chi connectivity index (χ3n) is 9.92. The number of Topliss-reactive ketones (excluding diaryl/α,β-unsaturated/α-hetero) is 1. The molecule has 0 aliphatic carbocycles. The van der Waals surface area contributed by atoms with Crippen molar-refractivity contribution in [3.63, 3.8) is 0 Å². The van der Waals surface area contributed by atoms with Gasteiger partial charge >= 0.3 is 0 Å². The number of fused-ring (bicyclic) bond motifs is 2. The molecule has 0 fully saturated rings. The molecule has 0 bridgehead atoms. The lowest BCUT2D eigenvalue weighted by Crippen LogP contribution is -2.49. The summed E-state index contributed by atoms with van der Waals surface area (Å²) in [4.78, 5) is 72.7. The number of ether oxygens (including phenoxy) is 4. The van der Waals surface area contributed by atoms with E-state index in [0.29, 0.717) is 60.8 Å². The van der Waals surface area contributed by atoms with Gasteiger partial charge in [0, 0.05) is 31.1 Å². The van der Waals surface area contributed by atoms with Crippen molar-refractivity contribution in [1.82, 2.24) is 24.9 Å². The molecule has 3 aromatic carbocycles. The average molecular weight is 909 g/mol. The highest BCUT2D eigenvalue weighted by Gasteiger charge is 2.27. The summed E-state index contributed by atoms with van der Waals surface area (Å²) in [6.07, 6.45) is 4.60. The van der Waals surface area contributed by atoms with Crippen molar-refractivity contribution < 1.29 is 42.9 Å². The largest absolute Gasteiger partial charge is 0.454 e. The maximum atomic E-state index is 14.1. The maximum absolute atomic E-state index is 14.1. The molecule has 4 amide bonds. The van der Waals surface area contributed by atoms with Crippen LogP contribution in [-0.2, 0) is 43.5 Å². The first-order chi connectivity index (χ1) is 31.1. The van der Waals surface area contributed by atoms with E-state index in [2.05, 4.69) is 12.2 Å². The van der Waals surface area contributed by atoms with Gasteiger partial charge in [-0.2, -0.15) is 0 Å². The van der Waals surface area contributed by atoms with Crippen LogP contribution in [0.4, 0.5) is 0 Å². The molecule has 0 spiro atoms. The van der Waals surface area contributed by atoms with Gasteiger partial charge in [-0.05, 0) is 130 Å². The summed E-state index contributed by atoms with van der Waals surface area (Å²) in [6.45, 7) is 10.6. The first kappa shape index (κ1) is 52.9. The molecular formula is C46H68N8O9S. The number of amides is 4. The molecule has 64 heavy (non-hydrogen) atoms. The second kappa shape index (κ2) is 29.9. The van der Waals surface area contributed by atoms with Crippen LogP contribution in [-0.4, -0.2) is 129 Å². The number of unbranched alkanes of at least 4 members (excludes halogenated alkanes) is 2. The Morgan fingerprint density at radius 3 is 1.69 bits per heavy atom. The predicted octanol–water partition coefficient (Wildman–Crippen LogP) is 3.69. The highest BCUT2D eigenvalue weighted by Crippen LogP contribution is 2.34. The summed E-state index contributed by atoms with van der Waals surface area (Å²) in [5, 5.41) is 8.85. The predicted molar refractivity (Wildman–Crippen MR) is 248 cm³/mol. The Kier molecular flexibility index (Phi) is 24.7. The van der Waals surface area contributed by atoms with E-state index in [9.17, 15) is 24.0 Å². The molecule has 0 saturated carbocycles. The molecule has 0 atom stereocenters. The summed E-state index contributed by atoms with van der Waals surface area (Å²) in [5.41, 5.74) is 13.4. The van der Waals surface area contributed by atoms with E-state index >= 15 is 0 Å². The van der Waals surface area contributed by atoms with Crippen molar-refractivity contribution in [3.8, 4) is 23.0 Å². The van der Waals surface area contributed by atoms with E-state index in [1.807, 2.05) is 38.1 Å². The lowest BCUT2D eigenvalue weighted by Gasteiger charge is -2.30. The monoisotopic (exact) mass is 908 g/mol. The van der Waals surface area contributed by atoms with E-state index in [1.165, 1.54) is 32.9 Å². The van der Waals surface area contributed by atoms with Gasteiger partial charge in [0.1, 0.15) is 12.3 Å². The molecule has 3 aromatic rings. The first-order valence-electron chi connectivity index (χ1n) is 21.9. The molecule has 5 rings (SSSR count). The minimum atomic E-state index is -0.476. The molecule has 2 aliphatic rings. The molecule has 0 radical (unpaired) electrons. The topological polar surface area (TPSA) is 225 Å². The van der Waals surface area contributed by atoms with Gasteiger partial charge in [0.15, 0.2) is 23.0 Å². The van der Waals surface area contributed by atoms with Crippen LogP contribution >= 0.6 is 11.9 Å². The van der Waals surface area contributed by atoms with Crippen LogP contribution in [0.2, 0.25) is 0 Å². The zero-order valence-electron chi connectivity index (χ0n) is 37.9. The van der Waals surface area contributed by atoms with E-state index < -0.39 is 17.7 Å². The highest BCUT2D eigenvalue weighted by molar-refractivity contribution is 7.97. The summed E-state index contributed by atoms with van der Waals surface area (Å²) in [7, 11) is 0. The lowest BCUT2D eigenvalue weighted by atomic mass is 10.1. The molecule has 18 heteroatoms. The Morgan fingerprint density at radius 1 is 0.656 bits per heavy atom. The maximum Gasteiger partial charge on any atom is 0.242 e. The van der Waals surface area contributed by atoms with Crippen LogP contribution in [0.3, 0.4) is 0 Å². The van der Waals surface area contributed by atoms with Crippen molar-refractivity contribution in [2.24, 2.45) is 16.6 Å². The van der Waals surface area contributed by atoms with Gasteiger partial charge in [-0.3, -0.25) is 29.1 Å². The van der Waals surface area contributed by atoms with E-state index in [1.54, 1.807) is 36.4 Å². The van der Waals surface area contributed by atoms with Gasteiger partial charge in [0.05, 0.1) is 19.6 Å². The molecule has 0 aromatic heterocycles. The van der Waals surface area contributed by atoms with E-state index in [-0.39, 0.29) is 71.7 Å². The van der Waals surface area contributed by atoms with Gasteiger partial charge in [-0.15, -0.1) is 0 Å². The van der Waals surface area contributed by atoms with Gasteiger partial charge in [-0.1, -0.05) is 45.0 Å². The Hall–Kier alpha value is -5.40. The quantitative estimate of drug-likeness (QED) is 0.0513. The van der Waals surface area contributed by atoms with Crippen molar-refractivity contribution in [1.29, 1.82) is 0 Å². The van der Waals surface area contributed by atoms with E-state index in [4.69, 9.17) is 35.6 Å². The normalized spacial score (nSPS) is 11.7. The Bertz CT molecular complexity index is 1900. The number of ketones is 1. The fourth-order valence-corrected chi connectivity index (χ4v) is 6.83. The molecule has 352 valence electrons. The molecular weight excluding hydrogens is 841 g/mol. The smallest absolute Gasteiger partial charge is 0.242 e. The van der Waals surface area contributed by atoms with Gasteiger partial charge in [0.2, 0.25) is 37.7 Å². The fourth-order valence-electron chi connectivity index (χ4n) is 6.54. The number of hydrogen-bond donors (Lipinski definition) is 4. The third-order valence-corrected chi connectivity index (χ3v) is 10.5. The van der Waals surface area contributed by atoms with Gasteiger partial charge < -0.3 is 55.3 Å². The molecule has 0 unspecified atom stereocenters. The van der Waals surface area contributed by atoms with Crippen LogP contribution in [0.5, 0.6) is 23.0 Å². The number of nitrogens with two attached hydrogens (primary N) is 3. The number of nitrogens with zero attached hydrogens (tertiary/aromatic N) is 4. The average Bonchev–Trinajstić information content (AvgIpc) is 3.99. The molecule has 17 nitrogen and oxygen atoms in total. The first-order valence-corrected chi connectivity index (χ1v) is 22.8. The summed E-state index contributed by atoms with van der Waals surface area (Å²) in [6, 6.07) is 18.1. The fraction of sp³-hybridized carbons (Fsp3) is 0.500. The number of rotatable bonds is 26. The molecule has 7 N–H and O–H groups in total. The van der Waals surface area contributed by atoms with Crippen LogP contribution in [0.1, 0.15) is 70.1 Å². The Labute approximate surface area is 382 Å².